The van der Waals surface area contributed by atoms with E-state index in [-0.39, 0.29) is 29.7 Å². The molecule has 0 bridgehead atoms. The number of carbonyl (C=O) groups is 1. The Bertz CT molecular complexity index is 1010. The smallest absolute Gasteiger partial charge is 0.387 e. The number of imidazole rings is 1. The Kier molecular flexibility index (Phi) is 6.22. The number of hydrogen-bond donors (Lipinski definition) is 1. The van der Waals surface area contributed by atoms with Gasteiger partial charge in [0, 0.05) is 5.56 Å². The van der Waals surface area contributed by atoms with Gasteiger partial charge in [0.25, 0.3) is 5.91 Å². The summed E-state index contributed by atoms with van der Waals surface area (Å²) in [5, 5.41) is 3.89. The number of alkyl halides is 2. The molecule has 1 aromatic heterocycles. The van der Waals surface area contributed by atoms with E-state index in [1.165, 1.54) is 32.6 Å². The molecule has 0 radical (unpaired) electrons. The van der Waals surface area contributed by atoms with Gasteiger partial charge in [-0.05, 0) is 24.3 Å². The average Bonchev–Trinajstić information content (AvgIpc) is 3.11. The first-order valence-corrected chi connectivity index (χ1v) is 8.44. The van der Waals surface area contributed by atoms with Crippen LogP contribution in [0.4, 0.5) is 8.78 Å². The normalized spacial score (nSPS) is 11.2. The van der Waals surface area contributed by atoms with Crippen LogP contribution in [0.1, 0.15) is 5.56 Å². The van der Waals surface area contributed by atoms with Gasteiger partial charge in [-0.2, -0.15) is 13.9 Å². The molecule has 1 N–H and O–H groups in total. The SMILES string of the molecule is COc1cc(/C=N\NC(=O)Cn2cnc3ccccc32)cc(OC)c1OC(F)F. The van der Waals surface area contributed by atoms with Crippen LogP contribution in [0, 0.1) is 0 Å². The van der Waals surface area contributed by atoms with Gasteiger partial charge in [-0.25, -0.2) is 10.4 Å². The van der Waals surface area contributed by atoms with Crippen molar-refractivity contribution in [3.05, 3.63) is 48.3 Å². The molecule has 29 heavy (non-hydrogen) atoms. The first-order valence-electron chi connectivity index (χ1n) is 8.44. The lowest BCUT2D eigenvalue weighted by molar-refractivity contribution is -0.121. The zero-order valence-electron chi connectivity index (χ0n) is 15.6. The van der Waals surface area contributed by atoms with Crippen LogP contribution in [0.25, 0.3) is 11.0 Å². The molecular weight excluding hydrogens is 386 g/mol. The summed E-state index contributed by atoms with van der Waals surface area (Å²) in [7, 11) is 2.62. The van der Waals surface area contributed by atoms with Crippen LogP contribution in [-0.2, 0) is 11.3 Å². The summed E-state index contributed by atoms with van der Waals surface area (Å²) in [6.45, 7) is -3.00. The Morgan fingerprint density at radius 3 is 2.59 bits per heavy atom. The molecule has 0 aliphatic rings. The minimum atomic E-state index is -3.03. The van der Waals surface area contributed by atoms with Crippen LogP contribution in [0.5, 0.6) is 17.2 Å². The van der Waals surface area contributed by atoms with Crippen molar-refractivity contribution >= 4 is 23.2 Å². The van der Waals surface area contributed by atoms with Crippen molar-refractivity contribution in [3.63, 3.8) is 0 Å². The molecular formula is C19H18F2N4O4. The fraction of sp³-hybridized carbons (Fsp3) is 0.211. The first kappa shape index (κ1) is 20.1. The molecule has 0 fully saturated rings. The second-order valence-electron chi connectivity index (χ2n) is 5.79. The molecule has 0 aliphatic heterocycles. The third-order valence-corrected chi connectivity index (χ3v) is 3.93. The number of carbonyl (C=O) groups excluding carboxylic acids is 1. The molecule has 10 heteroatoms. The van der Waals surface area contributed by atoms with Crippen LogP contribution in [0.15, 0.2) is 47.8 Å². The van der Waals surface area contributed by atoms with Crippen molar-refractivity contribution in [1.82, 2.24) is 15.0 Å². The number of rotatable bonds is 8. The quantitative estimate of drug-likeness (QED) is 0.461. The molecule has 2 aromatic carbocycles. The van der Waals surface area contributed by atoms with E-state index in [2.05, 4.69) is 20.2 Å². The second kappa shape index (κ2) is 9.00. The van der Waals surface area contributed by atoms with E-state index < -0.39 is 6.61 Å². The topological polar surface area (TPSA) is 87.0 Å². The lowest BCUT2D eigenvalue weighted by atomic mass is 10.2. The molecule has 0 atom stereocenters. The Hall–Kier alpha value is -3.69. The number of para-hydroxylation sites is 2. The highest BCUT2D eigenvalue weighted by atomic mass is 19.3. The van der Waals surface area contributed by atoms with Crippen LogP contribution in [0.3, 0.4) is 0 Å². The lowest BCUT2D eigenvalue weighted by Crippen LogP contribution is -2.22. The van der Waals surface area contributed by atoms with Gasteiger partial charge in [0.1, 0.15) is 6.54 Å². The number of benzene rings is 2. The van der Waals surface area contributed by atoms with Gasteiger partial charge in [-0.15, -0.1) is 0 Å². The summed E-state index contributed by atoms with van der Waals surface area (Å²) in [5.74, 6) is -0.496. The molecule has 1 amide bonds. The predicted molar refractivity (Wildman–Crippen MR) is 102 cm³/mol. The summed E-state index contributed by atoms with van der Waals surface area (Å²) < 4.78 is 41.5. The van der Waals surface area contributed by atoms with Gasteiger partial charge in [0.05, 0.1) is 37.8 Å². The highest BCUT2D eigenvalue weighted by Crippen LogP contribution is 2.39. The van der Waals surface area contributed by atoms with Crippen LogP contribution < -0.4 is 19.6 Å². The van der Waals surface area contributed by atoms with E-state index in [0.29, 0.717) is 5.56 Å². The molecule has 0 spiro atoms. The van der Waals surface area contributed by atoms with Gasteiger partial charge in [-0.1, -0.05) is 12.1 Å². The fourth-order valence-electron chi connectivity index (χ4n) is 2.69. The minimum Gasteiger partial charge on any atom is -0.493 e. The van der Waals surface area contributed by atoms with E-state index in [1.807, 2.05) is 24.3 Å². The van der Waals surface area contributed by atoms with Gasteiger partial charge < -0.3 is 18.8 Å². The number of methoxy groups -OCH3 is 2. The zero-order valence-corrected chi connectivity index (χ0v) is 15.6. The third-order valence-electron chi connectivity index (χ3n) is 3.93. The Balaban J connectivity index is 1.70. The molecule has 3 aromatic rings. The highest BCUT2D eigenvalue weighted by Gasteiger charge is 2.17. The largest absolute Gasteiger partial charge is 0.493 e. The maximum absolute atomic E-state index is 12.6. The highest BCUT2D eigenvalue weighted by molar-refractivity contribution is 5.85. The fourth-order valence-corrected chi connectivity index (χ4v) is 2.69. The third kappa shape index (κ3) is 4.78. The molecule has 152 valence electrons. The van der Waals surface area contributed by atoms with Gasteiger partial charge in [0.2, 0.25) is 5.75 Å². The van der Waals surface area contributed by atoms with E-state index in [4.69, 9.17) is 9.47 Å². The lowest BCUT2D eigenvalue weighted by Gasteiger charge is -2.14. The van der Waals surface area contributed by atoms with Gasteiger partial charge in [0.15, 0.2) is 11.5 Å². The molecule has 0 saturated heterocycles. The number of hydrazone groups is 1. The monoisotopic (exact) mass is 404 g/mol. The Morgan fingerprint density at radius 2 is 1.93 bits per heavy atom. The van der Waals surface area contributed by atoms with Crippen molar-refractivity contribution in [2.24, 2.45) is 5.10 Å². The van der Waals surface area contributed by atoms with Crippen molar-refractivity contribution < 1.29 is 27.8 Å². The summed E-state index contributed by atoms with van der Waals surface area (Å²) >= 11 is 0. The maximum Gasteiger partial charge on any atom is 0.387 e. The number of aromatic nitrogens is 2. The molecule has 8 nitrogen and oxygen atoms in total. The molecule has 1 heterocycles. The summed E-state index contributed by atoms with van der Waals surface area (Å²) in [6, 6.07) is 10.3. The Labute approximate surface area is 164 Å². The van der Waals surface area contributed by atoms with Gasteiger partial charge in [-0.3, -0.25) is 4.79 Å². The number of nitrogens with zero attached hydrogens (tertiary/aromatic N) is 3. The average molecular weight is 404 g/mol. The van der Waals surface area contributed by atoms with Crippen LogP contribution in [-0.4, -0.2) is 42.5 Å². The van der Waals surface area contributed by atoms with Crippen molar-refractivity contribution in [2.45, 2.75) is 13.2 Å². The van der Waals surface area contributed by atoms with Crippen LogP contribution in [0.2, 0.25) is 0 Å². The van der Waals surface area contributed by atoms with E-state index in [1.54, 1.807) is 10.9 Å². The molecule has 0 unspecified atom stereocenters. The zero-order chi connectivity index (χ0) is 20.8. The number of ether oxygens (including phenoxy) is 3. The number of amides is 1. The molecule has 3 rings (SSSR count). The molecule has 0 saturated carbocycles. The summed E-state index contributed by atoms with van der Waals surface area (Å²) in [5.41, 5.74) is 4.47. The van der Waals surface area contributed by atoms with Gasteiger partial charge >= 0.3 is 6.61 Å². The predicted octanol–water partition coefficient (Wildman–Crippen LogP) is 2.81. The number of nitrogens with one attached hydrogen (secondary N) is 1. The van der Waals surface area contributed by atoms with E-state index in [0.717, 1.165) is 11.0 Å². The second-order valence-corrected chi connectivity index (χ2v) is 5.79. The standard InChI is InChI=1S/C19H18F2N4O4/c1-27-15-7-12(8-16(28-2)18(15)29-19(20)21)9-23-24-17(26)10-25-11-22-13-5-3-4-6-14(13)25/h3-9,11,19H,10H2,1-2H3,(H,24,26)/b23-9-. The minimum absolute atomic E-state index is 0.0334. The maximum atomic E-state index is 12.6. The first-order chi connectivity index (χ1) is 14.0. The van der Waals surface area contributed by atoms with Crippen molar-refractivity contribution in [1.29, 1.82) is 0 Å². The number of hydrogen-bond acceptors (Lipinski definition) is 6. The molecule has 0 aliphatic carbocycles. The summed E-state index contributed by atoms with van der Waals surface area (Å²) in [4.78, 5) is 16.4. The van der Waals surface area contributed by atoms with Crippen molar-refractivity contribution in [3.8, 4) is 17.2 Å². The van der Waals surface area contributed by atoms with Crippen LogP contribution >= 0.6 is 0 Å². The number of fused-ring (bicyclic) bond motifs is 1. The number of halogens is 2. The van der Waals surface area contributed by atoms with E-state index in [9.17, 15) is 13.6 Å². The Morgan fingerprint density at radius 1 is 1.24 bits per heavy atom. The van der Waals surface area contributed by atoms with Crippen molar-refractivity contribution in [2.75, 3.05) is 14.2 Å². The summed E-state index contributed by atoms with van der Waals surface area (Å²) in [6.07, 6.45) is 2.91. The van der Waals surface area contributed by atoms with E-state index >= 15 is 0 Å².